The highest BCUT2D eigenvalue weighted by atomic mass is 16.5. The van der Waals surface area contributed by atoms with E-state index in [9.17, 15) is 0 Å². The monoisotopic (exact) mass is 234 g/mol. The van der Waals surface area contributed by atoms with Crippen molar-refractivity contribution in [2.75, 3.05) is 7.11 Å². The van der Waals surface area contributed by atoms with Crippen LogP contribution in [0.3, 0.4) is 0 Å². The Morgan fingerprint density at radius 3 is 1.88 bits per heavy atom. The highest BCUT2D eigenvalue weighted by Gasteiger charge is 2.30. The van der Waals surface area contributed by atoms with E-state index in [1.54, 1.807) is 0 Å². The van der Waals surface area contributed by atoms with E-state index in [0.29, 0.717) is 0 Å². The Labute approximate surface area is 106 Å². The highest BCUT2D eigenvalue weighted by Crippen LogP contribution is 2.35. The summed E-state index contributed by atoms with van der Waals surface area (Å²) in [4.78, 5) is 0. The third-order valence-electron chi connectivity index (χ3n) is 3.56. The van der Waals surface area contributed by atoms with Gasteiger partial charge in [0.15, 0.2) is 0 Å². The first-order chi connectivity index (χ1) is 8.29. The maximum atomic E-state index is 5.93. The smallest absolute Gasteiger partial charge is 0.0927 e. The molecule has 0 N–H and O–H groups in total. The summed E-state index contributed by atoms with van der Waals surface area (Å²) < 4.78 is 5.93. The number of hydrogen-bond donors (Lipinski definition) is 0. The van der Waals surface area contributed by atoms with Crippen molar-refractivity contribution < 1.29 is 4.74 Å². The number of benzene rings is 1. The molecule has 0 spiro atoms. The van der Waals surface area contributed by atoms with Crippen LogP contribution in [0.25, 0.3) is 0 Å². The van der Waals surface area contributed by atoms with E-state index in [1.807, 2.05) is 7.11 Å². The van der Waals surface area contributed by atoms with E-state index in [-0.39, 0.29) is 5.60 Å². The molecule has 17 heavy (non-hydrogen) atoms. The van der Waals surface area contributed by atoms with E-state index in [0.717, 1.165) is 12.8 Å². The first kappa shape index (κ1) is 14.2. The van der Waals surface area contributed by atoms with Crippen LogP contribution < -0.4 is 0 Å². The van der Waals surface area contributed by atoms with Crippen LogP contribution in [0.1, 0.15) is 57.9 Å². The number of rotatable bonds is 8. The third kappa shape index (κ3) is 3.85. The predicted molar refractivity (Wildman–Crippen MR) is 74.2 cm³/mol. The zero-order valence-electron chi connectivity index (χ0n) is 11.5. The second kappa shape index (κ2) is 7.50. The summed E-state index contributed by atoms with van der Waals surface area (Å²) in [6, 6.07) is 10.7. The summed E-state index contributed by atoms with van der Waals surface area (Å²) >= 11 is 0. The predicted octanol–water partition coefficient (Wildman–Crippen LogP) is 4.91. The van der Waals surface area contributed by atoms with Crippen LogP contribution in [0, 0.1) is 0 Å². The minimum Gasteiger partial charge on any atom is -0.374 e. The average molecular weight is 234 g/mol. The normalized spacial score (nSPS) is 11.7. The zero-order valence-corrected chi connectivity index (χ0v) is 11.5. The van der Waals surface area contributed by atoms with Gasteiger partial charge in [0.2, 0.25) is 0 Å². The summed E-state index contributed by atoms with van der Waals surface area (Å²) in [5.74, 6) is 0. The van der Waals surface area contributed by atoms with Crippen LogP contribution in [0.4, 0.5) is 0 Å². The van der Waals surface area contributed by atoms with Crippen molar-refractivity contribution in [2.45, 2.75) is 58.0 Å². The SMILES string of the molecule is CCCCC(CCCC)(OC)c1ccccc1. The maximum absolute atomic E-state index is 5.93. The fourth-order valence-corrected chi connectivity index (χ4v) is 2.40. The standard InChI is InChI=1S/C16H26O/c1-4-6-13-16(17-3,14-7-5-2)15-11-9-8-10-12-15/h8-12H,4-7,13-14H2,1-3H3. The lowest BCUT2D eigenvalue weighted by atomic mass is 9.84. The fourth-order valence-electron chi connectivity index (χ4n) is 2.40. The Kier molecular flexibility index (Phi) is 6.28. The third-order valence-corrected chi connectivity index (χ3v) is 3.56. The molecule has 1 rings (SSSR count). The first-order valence-electron chi connectivity index (χ1n) is 6.89. The molecule has 0 atom stereocenters. The van der Waals surface area contributed by atoms with E-state index in [1.165, 1.54) is 31.2 Å². The molecule has 1 aromatic carbocycles. The van der Waals surface area contributed by atoms with E-state index in [2.05, 4.69) is 44.2 Å². The number of methoxy groups -OCH3 is 1. The van der Waals surface area contributed by atoms with Crippen molar-refractivity contribution in [3.63, 3.8) is 0 Å². The van der Waals surface area contributed by atoms with Gasteiger partial charge in [0.25, 0.3) is 0 Å². The molecule has 0 aliphatic carbocycles. The Hall–Kier alpha value is -0.820. The Morgan fingerprint density at radius 1 is 0.941 bits per heavy atom. The molecule has 0 aliphatic rings. The van der Waals surface area contributed by atoms with Crippen molar-refractivity contribution in [3.05, 3.63) is 35.9 Å². The molecule has 0 amide bonds. The van der Waals surface area contributed by atoms with Crippen molar-refractivity contribution in [3.8, 4) is 0 Å². The van der Waals surface area contributed by atoms with Crippen LogP contribution in [-0.4, -0.2) is 7.11 Å². The van der Waals surface area contributed by atoms with Gasteiger partial charge >= 0.3 is 0 Å². The molecule has 0 aliphatic heterocycles. The summed E-state index contributed by atoms with van der Waals surface area (Å²) in [7, 11) is 1.86. The number of hydrogen-bond acceptors (Lipinski definition) is 1. The fraction of sp³-hybridized carbons (Fsp3) is 0.625. The van der Waals surface area contributed by atoms with Crippen LogP contribution in [0.5, 0.6) is 0 Å². The van der Waals surface area contributed by atoms with Crippen LogP contribution >= 0.6 is 0 Å². The molecule has 0 fully saturated rings. The molecule has 1 heteroatoms. The molecule has 0 radical (unpaired) electrons. The largest absolute Gasteiger partial charge is 0.374 e. The van der Waals surface area contributed by atoms with E-state index < -0.39 is 0 Å². The minimum absolute atomic E-state index is 0.0622. The van der Waals surface area contributed by atoms with Crippen molar-refractivity contribution in [1.82, 2.24) is 0 Å². The van der Waals surface area contributed by atoms with Gasteiger partial charge in [-0.1, -0.05) is 69.9 Å². The second-order valence-electron chi connectivity index (χ2n) is 4.77. The molecular weight excluding hydrogens is 208 g/mol. The highest BCUT2D eigenvalue weighted by molar-refractivity contribution is 5.22. The molecule has 0 bridgehead atoms. The van der Waals surface area contributed by atoms with Crippen molar-refractivity contribution in [2.24, 2.45) is 0 Å². The van der Waals surface area contributed by atoms with Gasteiger partial charge in [-0.05, 0) is 18.4 Å². The van der Waals surface area contributed by atoms with Gasteiger partial charge in [0, 0.05) is 7.11 Å². The van der Waals surface area contributed by atoms with Crippen LogP contribution in [0.15, 0.2) is 30.3 Å². The molecular formula is C16H26O. The summed E-state index contributed by atoms with van der Waals surface area (Å²) in [6.07, 6.45) is 7.17. The number of unbranched alkanes of at least 4 members (excludes halogenated alkanes) is 2. The van der Waals surface area contributed by atoms with E-state index in [4.69, 9.17) is 4.74 Å². The first-order valence-corrected chi connectivity index (χ1v) is 6.89. The van der Waals surface area contributed by atoms with Crippen LogP contribution in [0.2, 0.25) is 0 Å². The average Bonchev–Trinajstić information content (AvgIpc) is 2.41. The Bertz CT molecular complexity index is 284. The summed E-state index contributed by atoms with van der Waals surface area (Å²) in [6.45, 7) is 4.48. The van der Waals surface area contributed by atoms with Gasteiger partial charge in [-0.3, -0.25) is 0 Å². The molecule has 1 nitrogen and oxygen atoms in total. The van der Waals surface area contributed by atoms with Gasteiger partial charge in [0.05, 0.1) is 5.60 Å². The Morgan fingerprint density at radius 2 is 1.47 bits per heavy atom. The molecule has 0 heterocycles. The van der Waals surface area contributed by atoms with Gasteiger partial charge in [-0.25, -0.2) is 0 Å². The summed E-state index contributed by atoms with van der Waals surface area (Å²) in [5, 5.41) is 0. The molecule has 0 unspecified atom stereocenters. The minimum atomic E-state index is -0.0622. The maximum Gasteiger partial charge on any atom is 0.0927 e. The lowest BCUT2D eigenvalue weighted by Gasteiger charge is -2.33. The lowest BCUT2D eigenvalue weighted by Crippen LogP contribution is -2.28. The van der Waals surface area contributed by atoms with Crippen LogP contribution in [-0.2, 0) is 10.3 Å². The molecule has 96 valence electrons. The topological polar surface area (TPSA) is 9.23 Å². The zero-order chi connectivity index (χ0) is 12.6. The van der Waals surface area contributed by atoms with Gasteiger partial charge in [-0.2, -0.15) is 0 Å². The molecule has 0 aromatic heterocycles. The van der Waals surface area contributed by atoms with E-state index >= 15 is 0 Å². The lowest BCUT2D eigenvalue weighted by molar-refractivity contribution is -0.0328. The van der Waals surface area contributed by atoms with Crippen molar-refractivity contribution >= 4 is 0 Å². The second-order valence-corrected chi connectivity index (χ2v) is 4.77. The summed E-state index contributed by atoms with van der Waals surface area (Å²) in [5.41, 5.74) is 1.28. The quantitative estimate of drug-likeness (QED) is 0.621. The molecule has 0 saturated heterocycles. The molecule has 1 aromatic rings. The number of ether oxygens (including phenoxy) is 1. The van der Waals surface area contributed by atoms with Gasteiger partial charge in [0.1, 0.15) is 0 Å². The van der Waals surface area contributed by atoms with Gasteiger partial charge in [-0.15, -0.1) is 0 Å². The van der Waals surface area contributed by atoms with Crippen molar-refractivity contribution in [1.29, 1.82) is 0 Å². The molecule has 0 saturated carbocycles. The van der Waals surface area contributed by atoms with Gasteiger partial charge < -0.3 is 4.74 Å². The Balaban J connectivity index is 2.89.